The topological polar surface area (TPSA) is 85.3 Å². The van der Waals surface area contributed by atoms with Gasteiger partial charge in [0.05, 0.1) is 12.0 Å². The van der Waals surface area contributed by atoms with Gasteiger partial charge in [0.1, 0.15) is 5.54 Å². The minimum Gasteiger partial charge on any atom is -0.370 e. The zero-order chi connectivity index (χ0) is 28.3. The normalized spacial score (nSPS) is 11.8. The van der Waals surface area contributed by atoms with Crippen molar-refractivity contribution in [2.24, 2.45) is 10.7 Å². The Bertz CT molecular complexity index is 1450. The molecule has 206 valence electrons. The van der Waals surface area contributed by atoms with E-state index in [-0.39, 0.29) is 11.9 Å². The fourth-order valence-corrected chi connectivity index (χ4v) is 5.27. The molecule has 41 heavy (non-hydrogen) atoms. The van der Waals surface area contributed by atoms with Crippen molar-refractivity contribution >= 4 is 11.9 Å². The first kappa shape index (κ1) is 27.6. The van der Waals surface area contributed by atoms with E-state index in [4.69, 9.17) is 10.7 Å². The van der Waals surface area contributed by atoms with E-state index in [2.05, 4.69) is 93.9 Å². The van der Waals surface area contributed by atoms with Gasteiger partial charge in [0, 0.05) is 19.2 Å². The Morgan fingerprint density at radius 2 is 1.27 bits per heavy atom. The smallest absolute Gasteiger partial charge is 0.226 e. The highest BCUT2D eigenvalue weighted by Gasteiger charge is 2.38. The molecule has 5 aromatic rings. The van der Waals surface area contributed by atoms with E-state index in [1.807, 2.05) is 54.9 Å². The fraction of sp³-hybridized carbons (Fsp3) is 0.171. The van der Waals surface area contributed by atoms with Gasteiger partial charge in [-0.2, -0.15) is 0 Å². The first-order valence-corrected chi connectivity index (χ1v) is 14.0. The number of aryl methyl sites for hydroxylation is 2. The molecular formula is C35H35N5O. The van der Waals surface area contributed by atoms with Gasteiger partial charge in [0.2, 0.25) is 5.91 Å². The van der Waals surface area contributed by atoms with Gasteiger partial charge in [-0.15, -0.1) is 0 Å². The van der Waals surface area contributed by atoms with E-state index < -0.39 is 5.54 Å². The maximum atomic E-state index is 12.2. The molecule has 0 spiro atoms. The van der Waals surface area contributed by atoms with E-state index in [1.165, 1.54) is 0 Å². The molecule has 4 aromatic carbocycles. The molecule has 0 aliphatic rings. The number of aromatic nitrogens is 2. The van der Waals surface area contributed by atoms with Crippen LogP contribution in [0.25, 0.3) is 0 Å². The second kappa shape index (κ2) is 13.4. The van der Waals surface area contributed by atoms with Gasteiger partial charge in [0.15, 0.2) is 5.96 Å². The van der Waals surface area contributed by atoms with Crippen molar-refractivity contribution in [1.82, 2.24) is 14.9 Å². The van der Waals surface area contributed by atoms with Crippen LogP contribution in [0.4, 0.5) is 0 Å². The molecule has 0 saturated heterocycles. The first-order valence-electron chi connectivity index (χ1n) is 14.0. The summed E-state index contributed by atoms with van der Waals surface area (Å²) in [4.78, 5) is 21.4. The van der Waals surface area contributed by atoms with Crippen molar-refractivity contribution in [1.29, 1.82) is 0 Å². The molecule has 0 atom stereocenters. The fourth-order valence-electron chi connectivity index (χ4n) is 5.27. The summed E-state index contributed by atoms with van der Waals surface area (Å²) in [6.07, 6.45) is 6.58. The Balaban J connectivity index is 1.29. The number of hydrogen-bond acceptors (Lipinski definition) is 3. The van der Waals surface area contributed by atoms with Crippen molar-refractivity contribution in [2.75, 3.05) is 6.54 Å². The summed E-state index contributed by atoms with van der Waals surface area (Å²) in [5, 5.41) is 2.70. The molecule has 0 saturated carbocycles. The highest BCUT2D eigenvalue weighted by Crippen LogP contribution is 2.40. The number of guanidine groups is 1. The van der Waals surface area contributed by atoms with Crippen LogP contribution in [0.3, 0.4) is 0 Å². The molecule has 0 aliphatic carbocycles. The number of nitrogens with one attached hydrogen (secondary N) is 1. The summed E-state index contributed by atoms with van der Waals surface area (Å²) in [5.74, 6) is 0.0257. The van der Waals surface area contributed by atoms with Gasteiger partial charge in [0.25, 0.3) is 0 Å². The number of imidazole rings is 1. The van der Waals surface area contributed by atoms with Crippen molar-refractivity contribution < 1.29 is 4.79 Å². The van der Waals surface area contributed by atoms with Crippen LogP contribution in [-0.2, 0) is 23.2 Å². The molecule has 1 aromatic heterocycles. The third kappa shape index (κ3) is 6.61. The predicted octanol–water partition coefficient (Wildman–Crippen LogP) is 5.72. The van der Waals surface area contributed by atoms with Gasteiger partial charge in [-0.3, -0.25) is 15.1 Å². The quantitative estimate of drug-likeness (QED) is 0.0971. The lowest BCUT2D eigenvalue weighted by atomic mass is 9.77. The summed E-state index contributed by atoms with van der Waals surface area (Å²) >= 11 is 0. The number of nitrogens with zero attached hydrogens (tertiary/aromatic N) is 3. The number of aliphatic imine (C=N–C) groups is 1. The summed E-state index contributed by atoms with van der Waals surface area (Å²) in [7, 11) is 0. The van der Waals surface area contributed by atoms with Crippen LogP contribution in [0, 0.1) is 0 Å². The zero-order valence-electron chi connectivity index (χ0n) is 23.1. The SMILES string of the molecule is NC(=NCCCc1cn(C(c2ccccc2)(c2ccccc2)c2ccccc2)cn1)NC(=O)CCc1ccccc1. The van der Waals surface area contributed by atoms with Crippen LogP contribution in [0.1, 0.15) is 40.8 Å². The maximum Gasteiger partial charge on any atom is 0.226 e. The lowest BCUT2D eigenvalue weighted by molar-refractivity contribution is -0.119. The van der Waals surface area contributed by atoms with Crippen molar-refractivity contribution in [3.63, 3.8) is 0 Å². The standard InChI is InChI=1S/C35H35N5O/c36-34(39-33(41)24-23-28-14-5-1-6-15-28)37-25-13-22-32-26-40(27-38-32)35(29-16-7-2-8-17-29,30-18-9-3-10-19-30)31-20-11-4-12-21-31/h1-12,14-21,26-27H,13,22-25H2,(H3,36,37,39,41). The van der Waals surface area contributed by atoms with Crippen molar-refractivity contribution in [2.45, 2.75) is 31.2 Å². The predicted molar refractivity (Wildman–Crippen MR) is 165 cm³/mol. The lowest BCUT2D eigenvalue weighted by Crippen LogP contribution is -2.37. The first-order chi connectivity index (χ1) is 20.2. The highest BCUT2D eigenvalue weighted by atomic mass is 16.1. The molecule has 1 amide bonds. The Kier molecular flexibility index (Phi) is 9.01. The third-order valence-corrected chi connectivity index (χ3v) is 7.22. The molecular weight excluding hydrogens is 506 g/mol. The zero-order valence-corrected chi connectivity index (χ0v) is 23.1. The van der Waals surface area contributed by atoms with Crippen LogP contribution in [0.2, 0.25) is 0 Å². The van der Waals surface area contributed by atoms with Crippen molar-refractivity contribution in [3.8, 4) is 0 Å². The molecule has 3 N–H and O–H groups in total. The molecule has 0 aliphatic heterocycles. The Labute approximate surface area is 241 Å². The summed E-state index contributed by atoms with van der Waals surface area (Å²) < 4.78 is 2.22. The molecule has 0 fully saturated rings. The molecule has 0 bridgehead atoms. The van der Waals surface area contributed by atoms with Crippen LogP contribution < -0.4 is 11.1 Å². The molecule has 6 nitrogen and oxygen atoms in total. The molecule has 6 heteroatoms. The van der Waals surface area contributed by atoms with Crippen LogP contribution in [0.15, 0.2) is 139 Å². The van der Waals surface area contributed by atoms with Gasteiger partial charge >= 0.3 is 0 Å². The van der Waals surface area contributed by atoms with Crippen molar-refractivity contribution in [3.05, 3.63) is 162 Å². The van der Waals surface area contributed by atoms with Gasteiger partial charge < -0.3 is 10.3 Å². The number of carbonyl (C=O) groups excluding carboxylic acids is 1. The lowest BCUT2D eigenvalue weighted by Gasteiger charge is -2.37. The minimum atomic E-state index is -0.582. The van der Waals surface area contributed by atoms with E-state index in [1.54, 1.807) is 0 Å². The molecule has 1 heterocycles. The average molecular weight is 542 g/mol. The maximum absolute atomic E-state index is 12.2. The Morgan fingerprint density at radius 3 is 1.80 bits per heavy atom. The van der Waals surface area contributed by atoms with Crippen LogP contribution in [0.5, 0.6) is 0 Å². The van der Waals surface area contributed by atoms with Gasteiger partial charge in [-0.25, -0.2) is 4.98 Å². The van der Waals surface area contributed by atoms with E-state index in [0.717, 1.165) is 40.8 Å². The Hall–Kier alpha value is -4.97. The number of hydrogen-bond donors (Lipinski definition) is 2. The molecule has 0 radical (unpaired) electrons. The van der Waals surface area contributed by atoms with Crippen LogP contribution in [-0.4, -0.2) is 28.0 Å². The second-order valence-corrected chi connectivity index (χ2v) is 9.99. The summed E-state index contributed by atoms with van der Waals surface area (Å²) in [6, 6.07) is 41.6. The summed E-state index contributed by atoms with van der Waals surface area (Å²) in [6.45, 7) is 0.499. The molecule has 5 rings (SSSR count). The van der Waals surface area contributed by atoms with E-state index in [0.29, 0.717) is 19.4 Å². The number of carbonyl (C=O) groups is 1. The van der Waals surface area contributed by atoms with E-state index in [9.17, 15) is 4.79 Å². The van der Waals surface area contributed by atoms with Crippen LogP contribution >= 0.6 is 0 Å². The van der Waals surface area contributed by atoms with Gasteiger partial charge in [-0.05, 0) is 41.5 Å². The minimum absolute atomic E-state index is 0.132. The monoisotopic (exact) mass is 541 g/mol. The van der Waals surface area contributed by atoms with Gasteiger partial charge in [-0.1, -0.05) is 121 Å². The Morgan fingerprint density at radius 1 is 0.756 bits per heavy atom. The second-order valence-electron chi connectivity index (χ2n) is 9.99. The number of benzene rings is 4. The number of amides is 1. The molecule has 0 unspecified atom stereocenters. The number of rotatable bonds is 11. The number of nitrogens with two attached hydrogens (primary N) is 1. The summed E-state index contributed by atoms with van der Waals surface area (Å²) in [5.41, 5.74) is 10.9. The highest BCUT2D eigenvalue weighted by molar-refractivity contribution is 5.96. The largest absolute Gasteiger partial charge is 0.370 e. The average Bonchev–Trinajstić information content (AvgIpc) is 3.50. The van der Waals surface area contributed by atoms with E-state index >= 15 is 0 Å². The third-order valence-electron chi connectivity index (χ3n) is 7.22.